The summed E-state index contributed by atoms with van der Waals surface area (Å²) in [6.07, 6.45) is 10.8. The molecule has 3 unspecified atom stereocenters. The largest absolute Gasteiger partial charge is 0.501 e. The molecule has 1 heterocycles. The zero-order chi connectivity index (χ0) is 13.5. The Morgan fingerprint density at radius 2 is 2.05 bits per heavy atom. The summed E-state index contributed by atoms with van der Waals surface area (Å²) in [6.45, 7) is 7.70. The van der Waals surface area contributed by atoms with Crippen molar-refractivity contribution in [1.82, 2.24) is 0 Å². The Morgan fingerprint density at radius 1 is 1.26 bits per heavy atom. The molecule has 0 N–H and O–H groups in total. The lowest BCUT2D eigenvalue weighted by Crippen LogP contribution is -2.59. The van der Waals surface area contributed by atoms with Gasteiger partial charge in [0.25, 0.3) is 0 Å². The van der Waals surface area contributed by atoms with E-state index in [1.54, 1.807) is 0 Å². The van der Waals surface area contributed by atoms with Crippen molar-refractivity contribution < 1.29 is 9.53 Å². The normalized spacial score (nSPS) is 50.3. The molecule has 19 heavy (non-hydrogen) atoms. The zero-order valence-electron chi connectivity index (χ0n) is 12.0. The van der Waals surface area contributed by atoms with Crippen LogP contribution in [0.15, 0.2) is 24.5 Å². The minimum Gasteiger partial charge on any atom is -0.501 e. The van der Waals surface area contributed by atoms with E-state index in [4.69, 9.17) is 4.74 Å². The molecule has 0 bridgehead atoms. The molecule has 2 heteroatoms. The van der Waals surface area contributed by atoms with Gasteiger partial charge in [0.1, 0.15) is 5.78 Å². The van der Waals surface area contributed by atoms with Gasteiger partial charge in [-0.25, -0.2) is 0 Å². The first-order chi connectivity index (χ1) is 8.93. The average molecular weight is 258 g/mol. The second-order valence-electron chi connectivity index (χ2n) is 7.89. The van der Waals surface area contributed by atoms with E-state index in [9.17, 15) is 4.79 Å². The van der Waals surface area contributed by atoms with Gasteiger partial charge in [-0.15, -0.1) is 0 Å². The third-order valence-electron chi connectivity index (χ3n) is 6.33. The van der Waals surface area contributed by atoms with Crippen LogP contribution < -0.4 is 0 Å². The molecule has 0 amide bonds. The molecule has 0 aromatic rings. The maximum Gasteiger partial charge on any atom is 0.141 e. The molecule has 4 rings (SSSR count). The molecule has 102 valence electrons. The molecule has 0 aromatic carbocycles. The molecule has 0 saturated heterocycles. The number of rotatable bonds is 0. The highest BCUT2D eigenvalue weighted by atomic mass is 16.5. The fraction of sp³-hybridized carbons (Fsp3) is 0.706. The van der Waals surface area contributed by atoms with Crippen LogP contribution >= 0.6 is 0 Å². The number of carbonyl (C=O) groups is 1. The highest BCUT2D eigenvalue weighted by Gasteiger charge is 2.77. The molecule has 0 radical (unpaired) electrons. The maximum atomic E-state index is 12.4. The number of ether oxygens (including phenoxy) is 1. The lowest BCUT2D eigenvalue weighted by Gasteiger charge is -2.55. The Labute approximate surface area is 114 Å². The van der Waals surface area contributed by atoms with Crippen molar-refractivity contribution in [3.63, 3.8) is 0 Å². The minimum atomic E-state index is 0.0570. The molecule has 5 atom stereocenters. The fourth-order valence-corrected chi connectivity index (χ4v) is 5.68. The summed E-state index contributed by atoms with van der Waals surface area (Å²) < 4.78 is 5.67. The molecule has 0 aromatic heterocycles. The number of Topliss-reactive ketones (excluding diaryl/α,β-unsaturated/α-hetero) is 1. The minimum absolute atomic E-state index is 0.0570. The van der Waals surface area contributed by atoms with Gasteiger partial charge in [0.2, 0.25) is 0 Å². The third-order valence-corrected chi connectivity index (χ3v) is 6.33. The van der Waals surface area contributed by atoms with E-state index in [0.717, 1.165) is 19.4 Å². The van der Waals surface area contributed by atoms with Gasteiger partial charge in [-0.1, -0.05) is 32.9 Å². The standard InChI is InChI=1S/C17H22O2/c1-15(2,3)13-9-12-14(18)11-5-4-6-17(11,12)16(13)7-8-19-10-16/h4,6-8,11-13H,5,9-10H2,1-3H3/t11?,12?,13-,16?,17+/m0/s1. The molecule has 3 aliphatic carbocycles. The average Bonchev–Trinajstić information content (AvgIpc) is 2.98. The molecule has 2 fully saturated rings. The van der Waals surface area contributed by atoms with Crippen LogP contribution in [0.1, 0.15) is 33.6 Å². The van der Waals surface area contributed by atoms with Gasteiger partial charge < -0.3 is 4.74 Å². The monoisotopic (exact) mass is 258 g/mol. The number of hydrogen-bond acceptors (Lipinski definition) is 2. The van der Waals surface area contributed by atoms with Gasteiger partial charge in [0.15, 0.2) is 0 Å². The Hall–Kier alpha value is -1.05. The first kappa shape index (κ1) is 11.7. The van der Waals surface area contributed by atoms with Crippen LogP contribution in [0.5, 0.6) is 0 Å². The predicted octanol–water partition coefficient (Wildman–Crippen LogP) is 3.34. The Morgan fingerprint density at radius 3 is 2.68 bits per heavy atom. The van der Waals surface area contributed by atoms with Gasteiger partial charge in [-0.3, -0.25) is 4.79 Å². The second-order valence-corrected chi connectivity index (χ2v) is 7.89. The van der Waals surface area contributed by atoms with Gasteiger partial charge in [-0.2, -0.15) is 0 Å². The summed E-state index contributed by atoms with van der Waals surface area (Å²) in [5.41, 5.74) is 0.349. The van der Waals surface area contributed by atoms with Gasteiger partial charge in [0, 0.05) is 22.7 Å². The zero-order valence-corrected chi connectivity index (χ0v) is 12.0. The van der Waals surface area contributed by atoms with Crippen molar-refractivity contribution in [2.75, 3.05) is 6.61 Å². The van der Waals surface area contributed by atoms with Crippen LogP contribution in [0, 0.1) is 34.0 Å². The number of ketones is 1. The van der Waals surface area contributed by atoms with Crippen molar-refractivity contribution in [1.29, 1.82) is 0 Å². The van der Waals surface area contributed by atoms with Crippen LogP contribution in [-0.2, 0) is 9.53 Å². The number of carbonyl (C=O) groups excluding carboxylic acids is 1. The smallest absolute Gasteiger partial charge is 0.141 e. The van der Waals surface area contributed by atoms with Gasteiger partial charge in [-0.05, 0) is 30.3 Å². The molecule has 2 spiro atoms. The third kappa shape index (κ3) is 1.05. The quantitative estimate of drug-likeness (QED) is 0.623. The second kappa shape index (κ2) is 3.16. The van der Waals surface area contributed by atoms with Crippen LogP contribution in [0.25, 0.3) is 0 Å². The lowest BCUT2D eigenvalue weighted by molar-refractivity contribution is -0.154. The summed E-state index contributed by atoms with van der Waals surface area (Å²) in [6, 6.07) is 0. The summed E-state index contributed by atoms with van der Waals surface area (Å²) in [4.78, 5) is 12.4. The molecule has 2 saturated carbocycles. The first-order valence-electron chi connectivity index (χ1n) is 7.44. The van der Waals surface area contributed by atoms with Crippen LogP contribution in [0.2, 0.25) is 0 Å². The van der Waals surface area contributed by atoms with Crippen LogP contribution in [0.3, 0.4) is 0 Å². The predicted molar refractivity (Wildman–Crippen MR) is 73.3 cm³/mol. The van der Waals surface area contributed by atoms with E-state index >= 15 is 0 Å². The van der Waals surface area contributed by atoms with Crippen molar-refractivity contribution in [3.8, 4) is 0 Å². The maximum absolute atomic E-state index is 12.4. The van der Waals surface area contributed by atoms with Crippen molar-refractivity contribution in [2.24, 2.45) is 34.0 Å². The summed E-state index contributed by atoms with van der Waals surface area (Å²) in [7, 11) is 0. The summed E-state index contributed by atoms with van der Waals surface area (Å²) in [5, 5.41) is 0. The first-order valence-corrected chi connectivity index (χ1v) is 7.44. The number of allylic oxidation sites excluding steroid dienone is 2. The molecular weight excluding hydrogens is 236 g/mol. The Balaban J connectivity index is 1.89. The molecule has 1 aliphatic heterocycles. The Kier molecular flexibility index (Phi) is 1.95. The fourth-order valence-electron chi connectivity index (χ4n) is 5.68. The van der Waals surface area contributed by atoms with Gasteiger partial charge >= 0.3 is 0 Å². The number of hydrogen-bond donors (Lipinski definition) is 0. The van der Waals surface area contributed by atoms with Crippen molar-refractivity contribution in [3.05, 3.63) is 24.5 Å². The van der Waals surface area contributed by atoms with E-state index in [1.807, 2.05) is 6.26 Å². The van der Waals surface area contributed by atoms with E-state index < -0.39 is 0 Å². The molecule has 2 nitrogen and oxygen atoms in total. The summed E-state index contributed by atoms with van der Waals surface area (Å²) >= 11 is 0. The van der Waals surface area contributed by atoms with E-state index in [2.05, 4.69) is 39.0 Å². The highest BCUT2D eigenvalue weighted by Crippen LogP contribution is 2.76. The van der Waals surface area contributed by atoms with Crippen molar-refractivity contribution >= 4 is 5.78 Å². The van der Waals surface area contributed by atoms with Crippen LogP contribution in [-0.4, -0.2) is 12.4 Å². The van der Waals surface area contributed by atoms with Crippen molar-refractivity contribution in [2.45, 2.75) is 33.6 Å². The molecular formula is C17H22O2. The summed E-state index contributed by atoms with van der Waals surface area (Å²) in [5.74, 6) is 1.51. The van der Waals surface area contributed by atoms with Gasteiger partial charge in [0.05, 0.1) is 12.9 Å². The Bertz CT molecular complexity index is 510. The van der Waals surface area contributed by atoms with Crippen LogP contribution in [0.4, 0.5) is 0 Å². The van der Waals surface area contributed by atoms with E-state index in [0.29, 0.717) is 11.7 Å². The lowest BCUT2D eigenvalue weighted by atomic mass is 9.46. The van der Waals surface area contributed by atoms with E-state index in [-0.39, 0.29) is 28.1 Å². The SMILES string of the molecule is CC(C)(C)[C@@H]1CC2C(=O)C3CC=C[C@@]32C12C=COC2. The highest BCUT2D eigenvalue weighted by molar-refractivity contribution is 5.95. The topological polar surface area (TPSA) is 26.3 Å². The molecule has 4 aliphatic rings. The van der Waals surface area contributed by atoms with E-state index in [1.165, 1.54) is 0 Å².